The largest absolute Gasteiger partial charge is 0.490 e. The first-order valence-electron chi connectivity index (χ1n) is 11.5. The second kappa shape index (κ2) is 12.6. The van der Waals surface area contributed by atoms with Crippen molar-refractivity contribution in [3.8, 4) is 28.4 Å². The van der Waals surface area contributed by atoms with Crippen molar-refractivity contribution >= 4 is 11.8 Å². The van der Waals surface area contributed by atoms with Crippen LogP contribution in [0, 0.1) is 0 Å². The van der Waals surface area contributed by atoms with Gasteiger partial charge in [-0.3, -0.25) is 20.4 Å². The second-order valence-corrected chi connectivity index (χ2v) is 7.72. The van der Waals surface area contributed by atoms with Crippen LogP contribution >= 0.6 is 0 Å². The van der Waals surface area contributed by atoms with Crippen molar-refractivity contribution in [3.63, 3.8) is 0 Å². The number of carbonyl (C=O) groups excluding carboxylic acids is 2. The molecule has 0 aliphatic heterocycles. The third-order valence-corrected chi connectivity index (χ3v) is 5.11. The molecule has 0 bridgehead atoms. The molecule has 4 aromatic rings. The third-order valence-electron chi connectivity index (χ3n) is 5.11. The quantitative estimate of drug-likeness (QED) is 0.254. The number of hydrogen-bond donors (Lipinski definition) is 2. The van der Waals surface area contributed by atoms with Crippen molar-refractivity contribution in [1.82, 2.24) is 10.9 Å². The highest BCUT2D eigenvalue weighted by molar-refractivity contribution is 5.95. The summed E-state index contributed by atoms with van der Waals surface area (Å²) < 4.78 is 16.8. The van der Waals surface area contributed by atoms with Gasteiger partial charge < -0.3 is 14.2 Å². The Kier molecular flexibility index (Phi) is 8.53. The van der Waals surface area contributed by atoms with Gasteiger partial charge in [-0.1, -0.05) is 66.7 Å². The molecule has 2 N–H and O–H groups in total. The maximum absolute atomic E-state index is 12.4. The van der Waals surface area contributed by atoms with Gasteiger partial charge in [0.25, 0.3) is 11.8 Å². The molecule has 0 aliphatic carbocycles. The Balaban J connectivity index is 1.18. The standard InChI is InChI=1S/C29H26N2O5/c32-28(21-36-26-16-14-23(15-17-26)22-8-3-1-4-9-22)30-31-29(33)24-10-7-13-27(20-24)35-19-18-34-25-11-5-2-6-12-25/h1-17,20H,18-19,21H2,(H,30,32)(H,31,33). The fourth-order valence-electron chi connectivity index (χ4n) is 3.32. The van der Waals surface area contributed by atoms with Crippen LogP contribution in [-0.2, 0) is 4.79 Å². The van der Waals surface area contributed by atoms with Crippen LogP contribution in [0.1, 0.15) is 10.4 Å². The summed E-state index contributed by atoms with van der Waals surface area (Å²) in [6, 6.07) is 33.5. The van der Waals surface area contributed by atoms with Gasteiger partial charge >= 0.3 is 0 Å². The monoisotopic (exact) mass is 482 g/mol. The predicted octanol–water partition coefficient (Wildman–Crippen LogP) is 4.65. The topological polar surface area (TPSA) is 85.9 Å². The Labute approximate surface area is 209 Å². The van der Waals surface area contributed by atoms with Crippen molar-refractivity contribution in [2.75, 3.05) is 19.8 Å². The van der Waals surface area contributed by atoms with Gasteiger partial charge in [-0.05, 0) is 53.6 Å². The lowest BCUT2D eigenvalue weighted by Gasteiger charge is -2.11. The average Bonchev–Trinajstić information content (AvgIpc) is 2.94. The van der Waals surface area contributed by atoms with Crippen LogP contribution in [0.4, 0.5) is 0 Å². The van der Waals surface area contributed by atoms with Crippen molar-refractivity contribution in [2.45, 2.75) is 0 Å². The summed E-state index contributed by atoms with van der Waals surface area (Å²) in [7, 11) is 0. The third kappa shape index (κ3) is 7.36. The molecule has 0 saturated carbocycles. The van der Waals surface area contributed by atoms with Crippen LogP contribution in [0.25, 0.3) is 11.1 Å². The van der Waals surface area contributed by atoms with Crippen molar-refractivity contribution in [1.29, 1.82) is 0 Å². The normalized spacial score (nSPS) is 10.2. The lowest BCUT2D eigenvalue weighted by Crippen LogP contribution is -2.43. The van der Waals surface area contributed by atoms with Gasteiger partial charge in [0.2, 0.25) is 0 Å². The number of para-hydroxylation sites is 1. The van der Waals surface area contributed by atoms with Gasteiger partial charge in [-0.15, -0.1) is 0 Å². The lowest BCUT2D eigenvalue weighted by atomic mass is 10.1. The van der Waals surface area contributed by atoms with Crippen molar-refractivity contribution < 1.29 is 23.8 Å². The minimum absolute atomic E-state index is 0.241. The molecule has 2 amide bonds. The number of carbonyl (C=O) groups is 2. The molecule has 0 radical (unpaired) electrons. The minimum atomic E-state index is -0.485. The minimum Gasteiger partial charge on any atom is -0.490 e. The van der Waals surface area contributed by atoms with E-state index in [1.54, 1.807) is 36.4 Å². The molecule has 0 fully saturated rings. The number of hydrazine groups is 1. The van der Waals surface area contributed by atoms with E-state index in [0.29, 0.717) is 30.3 Å². The zero-order valence-electron chi connectivity index (χ0n) is 19.6. The van der Waals surface area contributed by atoms with E-state index in [1.165, 1.54) is 0 Å². The maximum atomic E-state index is 12.4. The number of nitrogens with one attached hydrogen (secondary N) is 2. The first-order chi connectivity index (χ1) is 17.7. The Bertz CT molecular complexity index is 1260. The van der Waals surface area contributed by atoms with E-state index in [9.17, 15) is 9.59 Å². The molecule has 7 heteroatoms. The lowest BCUT2D eigenvalue weighted by molar-refractivity contribution is -0.123. The molecule has 0 saturated heterocycles. The van der Waals surface area contributed by atoms with Gasteiger partial charge in [-0.25, -0.2) is 0 Å². The average molecular weight is 483 g/mol. The van der Waals surface area contributed by atoms with Crippen molar-refractivity contribution in [3.05, 3.63) is 115 Å². The second-order valence-electron chi connectivity index (χ2n) is 7.72. The molecule has 182 valence electrons. The van der Waals surface area contributed by atoms with Crippen LogP contribution in [0.2, 0.25) is 0 Å². The van der Waals surface area contributed by atoms with Crippen LogP contribution in [0.5, 0.6) is 17.2 Å². The fraction of sp³-hybridized carbons (Fsp3) is 0.103. The van der Waals surface area contributed by atoms with Crippen molar-refractivity contribution in [2.24, 2.45) is 0 Å². The van der Waals surface area contributed by atoms with Gasteiger partial charge in [0.15, 0.2) is 6.61 Å². The molecule has 0 heterocycles. The summed E-state index contributed by atoms with van der Waals surface area (Å²) in [5, 5.41) is 0. The zero-order chi connectivity index (χ0) is 25.0. The number of ether oxygens (including phenoxy) is 3. The molecular formula is C29H26N2O5. The van der Waals surface area contributed by atoms with Crippen LogP contribution in [-0.4, -0.2) is 31.6 Å². The number of hydrogen-bond acceptors (Lipinski definition) is 5. The highest BCUT2D eigenvalue weighted by Crippen LogP contribution is 2.22. The molecule has 4 aromatic carbocycles. The van der Waals surface area contributed by atoms with E-state index in [1.807, 2.05) is 72.8 Å². The summed E-state index contributed by atoms with van der Waals surface area (Å²) >= 11 is 0. The molecule has 0 aromatic heterocycles. The van der Waals surface area contributed by atoms with Crippen LogP contribution in [0.3, 0.4) is 0 Å². The number of benzene rings is 4. The van der Waals surface area contributed by atoms with E-state index >= 15 is 0 Å². The first kappa shape index (κ1) is 24.3. The Morgan fingerprint density at radius 2 is 1.14 bits per heavy atom. The predicted molar refractivity (Wildman–Crippen MR) is 137 cm³/mol. The molecule has 7 nitrogen and oxygen atoms in total. The van der Waals surface area contributed by atoms with Crippen LogP contribution < -0.4 is 25.1 Å². The van der Waals surface area contributed by atoms with E-state index < -0.39 is 11.8 Å². The van der Waals surface area contributed by atoms with Gasteiger partial charge in [0.1, 0.15) is 30.5 Å². The number of amides is 2. The Morgan fingerprint density at radius 1 is 0.556 bits per heavy atom. The SMILES string of the molecule is O=C(COc1ccc(-c2ccccc2)cc1)NNC(=O)c1cccc(OCCOc2ccccc2)c1. The zero-order valence-corrected chi connectivity index (χ0v) is 19.6. The highest BCUT2D eigenvalue weighted by atomic mass is 16.5. The summed E-state index contributed by atoms with van der Waals surface area (Å²) in [6.45, 7) is 0.446. The Hall–Kier alpha value is -4.78. The van der Waals surface area contributed by atoms with E-state index in [2.05, 4.69) is 10.9 Å². The summed E-state index contributed by atoms with van der Waals surface area (Å²) in [5.74, 6) is 0.880. The maximum Gasteiger partial charge on any atom is 0.276 e. The van der Waals surface area contributed by atoms with Crippen LogP contribution in [0.15, 0.2) is 109 Å². The van der Waals surface area contributed by atoms with E-state index in [0.717, 1.165) is 16.9 Å². The van der Waals surface area contributed by atoms with Gasteiger partial charge in [-0.2, -0.15) is 0 Å². The summed E-state index contributed by atoms with van der Waals surface area (Å²) in [5.41, 5.74) is 7.23. The summed E-state index contributed by atoms with van der Waals surface area (Å²) in [4.78, 5) is 24.5. The molecule has 0 unspecified atom stereocenters. The molecule has 4 rings (SSSR count). The smallest absolute Gasteiger partial charge is 0.276 e. The Morgan fingerprint density at radius 3 is 1.86 bits per heavy atom. The molecule has 36 heavy (non-hydrogen) atoms. The van der Waals surface area contributed by atoms with Gasteiger partial charge in [0.05, 0.1) is 0 Å². The summed E-state index contributed by atoms with van der Waals surface area (Å²) in [6.07, 6.45) is 0. The molecular weight excluding hydrogens is 456 g/mol. The van der Waals surface area contributed by atoms with E-state index in [4.69, 9.17) is 14.2 Å². The number of rotatable bonds is 10. The van der Waals surface area contributed by atoms with Gasteiger partial charge in [0, 0.05) is 5.56 Å². The first-order valence-corrected chi connectivity index (χ1v) is 11.5. The fourth-order valence-corrected chi connectivity index (χ4v) is 3.32. The van der Waals surface area contributed by atoms with E-state index in [-0.39, 0.29) is 6.61 Å². The molecule has 0 atom stereocenters. The highest BCUT2D eigenvalue weighted by Gasteiger charge is 2.09. The molecule has 0 aliphatic rings. The molecule has 0 spiro atoms.